The van der Waals surface area contributed by atoms with Crippen LogP contribution in [0.3, 0.4) is 0 Å². The molecule has 2 aromatic carbocycles. The van der Waals surface area contributed by atoms with Crippen LogP contribution in [0, 0.1) is 5.92 Å². The lowest BCUT2D eigenvalue weighted by Crippen LogP contribution is -2.43. The number of piperidine rings is 1. The number of hydrogen-bond acceptors (Lipinski definition) is 4. The van der Waals surface area contributed by atoms with Crippen molar-refractivity contribution in [3.63, 3.8) is 0 Å². The third-order valence-electron chi connectivity index (χ3n) is 5.53. The number of rotatable bonds is 7. The van der Waals surface area contributed by atoms with Crippen LogP contribution in [0.5, 0.6) is 5.75 Å². The maximum atomic E-state index is 12.9. The zero-order chi connectivity index (χ0) is 22.2. The Kier molecular flexibility index (Phi) is 7.65. The largest absolute Gasteiger partial charge is 0.497 e. The van der Waals surface area contributed by atoms with Gasteiger partial charge in [-0.25, -0.2) is 0 Å². The standard InChI is InChI=1S/C24H29N3O4/c1-17(28)25-22(18-8-10-21(31-2)11-9-18)16-23(29)27-14-12-19(13-15-27)24(30)26-20-6-4-3-5-7-20/h3-11,19,22H,12-16H2,1-2H3,(H,25,28)(H,26,30)/t22-/m1/s1. The molecule has 31 heavy (non-hydrogen) atoms. The minimum atomic E-state index is -0.407. The van der Waals surface area contributed by atoms with Crippen molar-refractivity contribution < 1.29 is 19.1 Å². The van der Waals surface area contributed by atoms with Gasteiger partial charge in [-0.1, -0.05) is 30.3 Å². The van der Waals surface area contributed by atoms with E-state index >= 15 is 0 Å². The minimum absolute atomic E-state index is 0.00680. The first-order chi connectivity index (χ1) is 15.0. The molecule has 164 valence electrons. The highest BCUT2D eigenvalue weighted by Gasteiger charge is 2.29. The molecule has 1 saturated heterocycles. The first kappa shape index (κ1) is 22.3. The van der Waals surface area contributed by atoms with E-state index in [9.17, 15) is 14.4 Å². The molecule has 1 aliphatic rings. The summed E-state index contributed by atoms with van der Waals surface area (Å²) < 4.78 is 5.18. The summed E-state index contributed by atoms with van der Waals surface area (Å²) >= 11 is 0. The summed E-state index contributed by atoms with van der Waals surface area (Å²) in [6, 6.07) is 16.3. The Bertz CT molecular complexity index is 891. The van der Waals surface area contributed by atoms with Gasteiger partial charge in [0.2, 0.25) is 17.7 Å². The monoisotopic (exact) mass is 423 g/mol. The van der Waals surface area contributed by atoms with Crippen LogP contribution >= 0.6 is 0 Å². The molecule has 2 N–H and O–H groups in total. The van der Waals surface area contributed by atoms with Crippen molar-refractivity contribution in [2.45, 2.75) is 32.2 Å². The maximum absolute atomic E-state index is 12.9. The van der Waals surface area contributed by atoms with Crippen LogP contribution in [0.2, 0.25) is 0 Å². The molecular formula is C24H29N3O4. The van der Waals surface area contributed by atoms with Crippen LogP contribution in [-0.4, -0.2) is 42.8 Å². The highest BCUT2D eigenvalue weighted by molar-refractivity contribution is 5.92. The van der Waals surface area contributed by atoms with Crippen LogP contribution < -0.4 is 15.4 Å². The summed E-state index contributed by atoms with van der Waals surface area (Å²) in [5.74, 6) is 0.374. The van der Waals surface area contributed by atoms with E-state index in [1.54, 1.807) is 12.0 Å². The summed E-state index contributed by atoms with van der Waals surface area (Å²) in [6.07, 6.45) is 1.42. The number of methoxy groups -OCH3 is 1. The van der Waals surface area contributed by atoms with Crippen LogP contribution in [0.1, 0.15) is 37.8 Å². The summed E-state index contributed by atoms with van der Waals surface area (Å²) in [7, 11) is 1.59. The molecule has 0 saturated carbocycles. The van der Waals surface area contributed by atoms with Gasteiger partial charge in [-0.2, -0.15) is 0 Å². The summed E-state index contributed by atoms with van der Waals surface area (Å²) in [5.41, 5.74) is 1.63. The molecule has 1 atom stereocenters. The molecule has 0 unspecified atom stereocenters. The highest BCUT2D eigenvalue weighted by atomic mass is 16.5. The Hall–Kier alpha value is -3.35. The first-order valence-electron chi connectivity index (χ1n) is 10.5. The average molecular weight is 424 g/mol. The van der Waals surface area contributed by atoms with Gasteiger partial charge in [0.25, 0.3) is 0 Å². The van der Waals surface area contributed by atoms with Crippen molar-refractivity contribution in [2.24, 2.45) is 5.92 Å². The van der Waals surface area contributed by atoms with Gasteiger partial charge < -0.3 is 20.3 Å². The van der Waals surface area contributed by atoms with E-state index in [4.69, 9.17) is 4.74 Å². The second-order valence-corrected chi connectivity index (χ2v) is 7.74. The maximum Gasteiger partial charge on any atom is 0.227 e. The number of carbonyl (C=O) groups is 3. The van der Waals surface area contributed by atoms with Crippen molar-refractivity contribution in [1.29, 1.82) is 0 Å². The zero-order valence-corrected chi connectivity index (χ0v) is 18.0. The van der Waals surface area contributed by atoms with Gasteiger partial charge in [-0.15, -0.1) is 0 Å². The molecule has 0 radical (unpaired) electrons. The number of likely N-dealkylation sites (tertiary alicyclic amines) is 1. The Balaban J connectivity index is 1.55. The van der Waals surface area contributed by atoms with Gasteiger partial charge in [0, 0.05) is 31.6 Å². The molecular weight excluding hydrogens is 394 g/mol. The topological polar surface area (TPSA) is 87.7 Å². The predicted octanol–water partition coefficient (Wildman–Crippen LogP) is 3.14. The number of benzene rings is 2. The third kappa shape index (κ3) is 6.31. The quantitative estimate of drug-likeness (QED) is 0.716. The predicted molar refractivity (Wildman–Crippen MR) is 119 cm³/mol. The highest BCUT2D eigenvalue weighted by Crippen LogP contribution is 2.24. The number of amides is 3. The van der Waals surface area contributed by atoms with Crippen molar-refractivity contribution in [3.05, 3.63) is 60.2 Å². The molecule has 3 rings (SSSR count). The van der Waals surface area contributed by atoms with Crippen LogP contribution in [0.4, 0.5) is 5.69 Å². The molecule has 0 spiro atoms. The third-order valence-corrected chi connectivity index (χ3v) is 5.53. The number of nitrogens with zero attached hydrogens (tertiary/aromatic N) is 1. The van der Waals surface area contributed by atoms with E-state index in [1.807, 2.05) is 54.6 Å². The van der Waals surface area contributed by atoms with E-state index in [2.05, 4.69) is 10.6 Å². The smallest absolute Gasteiger partial charge is 0.227 e. The summed E-state index contributed by atoms with van der Waals surface area (Å²) in [5, 5.41) is 5.81. The zero-order valence-electron chi connectivity index (χ0n) is 18.0. The Morgan fingerprint density at radius 2 is 1.68 bits per heavy atom. The summed E-state index contributed by atoms with van der Waals surface area (Å²) in [4.78, 5) is 38.9. The second kappa shape index (κ2) is 10.6. The number of hydrogen-bond donors (Lipinski definition) is 2. The molecule has 0 aromatic heterocycles. The first-order valence-corrected chi connectivity index (χ1v) is 10.5. The molecule has 7 nitrogen and oxygen atoms in total. The van der Waals surface area contributed by atoms with Crippen molar-refractivity contribution in [2.75, 3.05) is 25.5 Å². The van der Waals surface area contributed by atoms with Crippen LogP contribution in [-0.2, 0) is 14.4 Å². The molecule has 1 fully saturated rings. The van der Waals surface area contributed by atoms with Gasteiger partial charge in [0.05, 0.1) is 19.6 Å². The van der Waals surface area contributed by atoms with Gasteiger partial charge >= 0.3 is 0 Å². The van der Waals surface area contributed by atoms with E-state index in [1.165, 1.54) is 6.92 Å². The lowest BCUT2D eigenvalue weighted by molar-refractivity contribution is -0.135. The molecule has 0 aliphatic carbocycles. The number of nitrogens with one attached hydrogen (secondary N) is 2. The fourth-order valence-electron chi connectivity index (χ4n) is 3.79. The molecule has 3 amide bonds. The van der Waals surface area contributed by atoms with Gasteiger partial charge in [0.1, 0.15) is 5.75 Å². The Morgan fingerprint density at radius 1 is 1.03 bits per heavy atom. The van der Waals surface area contributed by atoms with E-state index in [0.29, 0.717) is 31.7 Å². The van der Waals surface area contributed by atoms with Crippen molar-refractivity contribution in [3.8, 4) is 5.75 Å². The van der Waals surface area contributed by atoms with Crippen LogP contribution in [0.25, 0.3) is 0 Å². The fourth-order valence-corrected chi connectivity index (χ4v) is 3.79. The molecule has 1 heterocycles. The molecule has 2 aromatic rings. The second-order valence-electron chi connectivity index (χ2n) is 7.74. The molecule has 0 bridgehead atoms. The lowest BCUT2D eigenvalue weighted by Gasteiger charge is -2.32. The van der Waals surface area contributed by atoms with E-state index in [-0.39, 0.29) is 30.1 Å². The van der Waals surface area contributed by atoms with Gasteiger partial charge in [-0.05, 0) is 42.7 Å². The SMILES string of the molecule is COc1ccc([C@@H](CC(=O)N2CCC(C(=O)Nc3ccccc3)CC2)NC(C)=O)cc1. The minimum Gasteiger partial charge on any atom is -0.497 e. The molecule has 1 aliphatic heterocycles. The van der Waals surface area contributed by atoms with E-state index in [0.717, 1.165) is 11.3 Å². The Morgan fingerprint density at radius 3 is 2.26 bits per heavy atom. The Labute approximate surface area is 182 Å². The average Bonchev–Trinajstić information content (AvgIpc) is 2.79. The summed E-state index contributed by atoms with van der Waals surface area (Å²) in [6.45, 7) is 2.50. The van der Waals surface area contributed by atoms with Gasteiger partial charge in [-0.3, -0.25) is 14.4 Å². The van der Waals surface area contributed by atoms with Crippen molar-refractivity contribution in [1.82, 2.24) is 10.2 Å². The lowest BCUT2D eigenvalue weighted by atomic mass is 9.95. The normalized spacial score (nSPS) is 15.1. The van der Waals surface area contributed by atoms with Gasteiger partial charge in [0.15, 0.2) is 0 Å². The number of ether oxygens (including phenoxy) is 1. The number of anilines is 1. The van der Waals surface area contributed by atoms with Crippen LogP contribution in [0.15, 0.2) is 54.6 Å². The van der Waals surface area contributed by atoms with E-state index < -0.39 is 6.04 Å². The molecule has 7 heteroatoms. The fraction of sp³-hybridized carbons (Fsp3) is 0.375. The number of carbonyl (C=O) groups excluding carboxylic acids is 3. The van der Waals surface area contributed by atoms with Crippen molar-refractivity contribution >= 4 is 23.4 Å². The number of para-hydroxylation sites is 1.